The minimum absolute atomic E-state index is 0.330. The fourth-order valence-corrected chi connectivity index (χ4v) is 1.84. The summed E-state index contributed by atoms with van der Waals surface area (Å²) in [5, 5.41) is 14.1. The van der Waals surface area contributed by atoms with E-state index in [-0.39, 0.29) is 12.0 Å². The van der Waals surface area contributed by atoms with Gasteiger partial charge in [-0.25, -0.2) is 0 Å². The van der Waals surface area contributed by atoms with Crippen LogP contribution in [0.5, 0.6) is 11.5 Å². The maximum absolute atomic E-state index is 7.05. The average molecular weight is 284 g/mol. The number of nitrogens with two attached hydrogens (primary N) is 2. The van der Waals surface area contributed by atoms with E-state index in [1.807, 2.05) is 24.3 Å². The van der Waals surface area contributed by atoms with Gasteiger partial charge in [0, 0.05) is 0 Å². The van der Waals surface area contributed by atoms with Crippen LogP contribution in [0.25, 0.3) is 0 Å². The number of amidine groups is 2. The summed E-state index contributed by atoms with van der Waals surface area (Å²) in [6.45, 7) is 0. The first-order valence-corrected chi connectivity index (χ1v) is 6.24. The molecule has 0 radical (unpaired) electrons. The maximum atomic E-state index is 7.05. The van der Waals surface area contributed by atoms with Crippen LogP contribution in [0.3, 0.4) is 0 Å². The first kappa shape index (κ1) is 14.4. The van der Waals surface area contributed by atoms with Gasteiger partial charge in [0.15, 0.2) is 0 Å². The lowest BCUT2D eigenvalue weighted by molar-refractivity contribution is 0.537. The van der Waals surface area contributed by atoms with Crippen molar-refractivity contribution in [2.24, 2.45) is 11.5 Å². The summed E-state index contributed by atoms with van der Waals surface area (Å²) < 4.78 is 9.97. The van der Waals surface area contributed by atoms with E-state index in [1.54, 1.807) is 24.3 Å². The summed E-state index contributed by atoms with van der Waals surface area (Å²) in [5.41, 5.74) is 12.5. The standard InChI is InChI=1S/C15H16N4O2/c16-14(17)20-12-5-1-10(2-6-12)9-11-3-7-13(8-4-11)21-15(18)19/h1-8H,9H2,(H3,16,17)(H3,18,19). The van der Waals surface area contributed by atoms with Crippen LogP contribution in [-0.4, -0.2) is 12.0 Å². The molecule has 0 heterocycles. The Kier molecular flexibility index (Phi) is 4.40. The third kappa shape index (κ3) is 4.54. The summed E-state index contributed by atoms with van der Waals surface area (Å²) in [5.74, 6) is 1.08. The molecule has 0 aromatic heterocycles. The lowest BCUT2D eigenvalue weighted by atomic mass is 10.0. The van der Waals surface area contributed by atoms with Crippen molar-refractivity contribution in [1.82, 2.24) is 0 Å². The molecule has 0 unspecified atom stereocenters. The quantitative estimate of drug-likeness (QED) is 0.506. The van der Waals surface area contributed by atoms with Gasteiger partial charge in [0.1, 0.15) is 11.5 Å². The first-order chi connectivity index (χ1) is 10.0. The lowest BCUT2D eigenvalue weighted by Gasteiger charge is -2.06. The number of ether oxygens (including phenoxy) is 2. The second-order valence-corrected chi connectivity index (χ2v) is 4.40. The summed E-state index contributed by atoms with van der Waals surface area (Å²) in [7, 11) is 0. The zero-order chi connectivity index (χ0) is 15.2. The largest absolute Gasteiger partial charge is 0.426 e. The fraction of sp³-hybridized carbons (Fsp3) is 0.0667. The molecule has 0 spiro atoms. The highest BCUT2D eigenvalue weighted by atomic mass is 16.5. The lowest BCUT2D eigenvalue weighted by Crippen LogP contribution is -2.17. The van der Waals surface area contributed by atoms with Crippen molar-refractivity contribution in [3.8, 4) is 11.5 Å². The van der Waals surface area contributed by atoms with Crippen molar-refractivity contribution in [2.75, 3.05) is 0 Å². The molecule has 0 aliphatic rings. The van der Waals surface area contributed by atoms with Crippen molar-refractivity contribution in [3.63, 3.8) is 0 Å². The molecule has 2 aromatic rings. The molecule has 0 bridgehead atoms. The highest BCUT2D eigenvalue weighted by Crippen LogP contribution is 2.17. The van der Waals surface area contributed by atoms with Gasteiger partial charge in [-0.3, -0.25) is 10.8 Å². The van der Waals surface area contributed by atoms with Crippen LogP contribution in [0.15, 0.2) is 48.5 Å². The van der Waals surface area contributed by atoms with Crippen LogP contribution in [0.1, 0.15) is 11.1 Å². The molecule has 0 amide bonds. The van der Waals surface area contributed by atoms with Crippen LogP contribution in [0.2, 0.25) is 0 Å². The molecule has 2 rings (SSSR count). The molecule has 2 aromatic carbocycles. The number of rotatable bonds is 4. The van der Waals surface area contributed by atoms with E-state index in [9.17, 15) is 0 Å². The van der Waals surface area contributed by atoms with Gasteiger partial charge in [-0.1, -0.05) is 24.3 Å². The van der Waals surface area contributed by atoms with E-state index in [4.69, 9.17) is 31.8 Å². The summed E-state index contributed by atoms with van der Waals surface area (Å²) in [6, 6.07) is 14.1. The molecular weight excluding hydrogens is 268 g/mol. The Labute approximate surface area is 122 Å². The molecule has 108 valence electrons. The molecular formula is C15H16N4O2. The van der Waals surface area contributed by atoms with Gasteiger partial charge in [0.25, 0.3) is 12.0 Å². The van der Waals surface area contributed by atoms with Crippen LogP contribution in [-0.2, 0) is 6.42 Å². The predicted octanol–water partition coefficient (Wildman–Crippen LogP) is 1.82. The van der Waals surface area contributed by atoms with Crippen molar-refractivity contribution < 1.29 is 9.47 Å². The third-order valence-corrected chi connectivity index (χ3v) is 2.71. The van der Waals surface area contributed by atoms with Crippen molar-refractivity contribution in [1.29, 1.82) is 10.8 Å². The highest BCUT2D eigenvalue weighted by molar-refractivity contribution is 5.71. The minimum Gasteiger partial charge on any atom is -0.426 e. The van der Waals surface area contributed by atoms with Crippen LogP contribution in [0, 0.1) is 10.8 Å². The maximum Gasteiger partial charge on any atom is 0.284 e. The normalized spacial score (nSPS) is 9.90. The zero-order valence-electron chi connectivity index (χ0n) is 11.3. The summed E-state index contributed by atoms with van der Waals surface area (Å²) in [6.07, 6.45) is 0.751. The van der Waals surface area contributed by atoms with Gasteiger partial charge in [-0.05, 0) is 41.8 Å². The van der Waals surface area contributed by atoms with Gasteiger partial charge >= 0.3 is 0 Å². The second-order valence-electron chi connectivity index (χ2n) is 4.40. The van der Waals surface area contributed by atoms with E-state index in [0.717, 1.165) is 17.5 Å². The molecule has 0 saturated carbocycles. The molecule has 0 aliphatic carbocycles. The molecule has 21 heavy (non-hydrogen) atoms. The number of hydrogen-bond donors (Lipinski definition) is 4. The monoisotopic (exact) mass is 284 g/mol. The molecule has 6 nitrogen and oxygen atoms in total. The van der Waals surface area contributed by atoms with E-state index in [0.29, 0.717) is 11.5 Å². The highest BCUT2D eigenvalue weighted by Gasteiger charge is 2.01. The van der Waals surface area contributed by atoms with E-state index in [2.05, 4.69) is 0 Å². The van der Waals surface area contributed by atoms with E-state index >= 15 is 0 Å². The minimum atomic E-state index is -0.330. The molecule has 0 fully saturated rings. The average Bonchev–Trinajstić information content (AvgIpc) is 2.42. The topological polar surface area (TPSA) is 118 Å². The Bertz CT molecular complexity index is 578. The second kappa shape index (κ2) is 6.42. The van der Waals surface area contributed by atoms with Gasteiger partial charge in [0.2, 0.25) is 0 Å². The Morgan fingerprint density at radius 1 is 0.714 bits per heavy atom. The van der Waals surface area contributed by atoms with E-state index in [1.165, 1.54) is 0 Å². The predicted molar refractivity (Wildman–Crippen MR) is 80.8 cm³/mol. The number of benzene rings is 2. The molecule has 0 saturated heterocycles. The Morgan fingerprint density at radius 3 is 1.33 bits per heavy atom. The Balaban J connectivity index is 2.01. The first-order valence-electron chi connectivity index (χ1n) is 6.24. The molecule has 6 N–H and O–H groups in total. The summed E-state index contributed by atoms with van der Waals surface area (Å²) >= 11 is 0. The van der Waals surface area contributed by atoms with Crippen molar-refractivity contribution in [3.05, 3.63) is 59.7 Å². The zero-order valence-corrected chi connectivity index (χ0v) is 11.3. The fourth-order valence-electron chi connectivity index (χ4n) is 1.84. The third-order valence-electron chi connectivity index (χ3n) is 2.71. The van der Waals surface area contributed by atoms with Crippen molar-refractivity contribution in [2.45, 2.75) is 6.42 Å². The van der Waals surface area contributed by atoms with Crippen LogP contribution in [0.4, 0.5) is 0 Å². The van der Waals surface area contributed by atoms with Gasteiger partial charge in [-0.15, -0.1) is 0 Å². The number of nitrogens with one attached hydrogen (secondary N) is 2. The Morgan fingerprint density at radius 2 is 1.05 bits per heavy atom. The SMILES string of the molecule is N=C(N)Oc1ccc(Cc2ccc(OC(=N)N)cc2)cc1. The van der Waals surface area contributed by atoms with Crippen molar-refractivity contribution >= 4 is 12.0 Å². The van der Waals surface area contributed by atoms with Crippen LogP contribution < -0.4 is 20.9 Å². The Hall–Kier alpha value is -3.02. The van der Waals surface area contributed by atoms with Gasteiger partial charge in [0.05, 0.1) is 0 Å². The molecule has 0 aliphatic heterocycles. The van der Waals surface area contributed by atoms with Gasteiger partial charge in [-0.2, -0.15) is 0 Å². The molecule has 0 atom stereocenters. The van der Waals surface area contributed by atoms with Crippen LogP contribution >= 0.6 is 0 Å². The summed E-state index contributed by atoms with van der Waals surface area (Å²) in [4.78, 5) is 0. The number of hydrogen-bond acceptors (Lipinski definition) is 4. The van der Waals surface area contributed by atoms with E-state index < -0.39 is 0 Å². The molecule has 6 heteroatoms. The van der Waals surface area contributed by atoms with Gasteiger partial charge < -0.3 is 20.9 Å². The smallest absolute Gasteiger partial charge is 0.284 e.